The number of hydrogen-bond acceptors (Lipinski definition) is 4. The Morgan fingerprint density at radius 3 is 2.92 bits per heavy atom. The van der Waals surface area contributed by atoms with Gasteiger partial charge in [0.25, 0.3) is 0 Å². The minimum atomic E-state index is 0. The van der Waals surface area contributed by atoms with Crippen LogP contribution in [-0.2, 0) is 11.2 Å². The Bertz CT molecular complexity index is 692. The first-order chi connectivity index (χ1) is 11.2. The molecule has 1 aromatic carbocycles. The smallest absolute Gasteiger partial charge is 0.223 e. The lowest BCUT2D eigenvalue weighted by Crippen LogP contribution is -2.42. The molecule has 1 N–H and O–H groups in total. The number of benzene rings is 1. The largest absolute Gasteiger partial charge is 0.338 e. The van der Waals surface area contributed by atoms with Crippen LogP contribution in [-0.4, -0.2) is 41.5 Å². The summed E-state index contributed by atoms with van der Waals surface area (Å²) in [6.45, 7) is 4.94. The normalized spacial score (nSPS) is 16.3. The molecule has 0 aliphatic carbocycles. The molecule has 2 aromatic rings. The Morgan fingerprint density at radius 2 is 2.24 bits per heavy atom. The molecule has 1 aliphatic rings. The van der Waals surface area contributed by atoms with Crippen LogP contribution < -0.4 is 5.32 Å². The number of halogens is 3. The van der Waals surface area contributed by atoms with Gasteiger partial charge in [0.1, 0.15) is 0 Å². The first kappa shape index (κ1) is 22.6. The summed E-state index contributed by atoms with van der Waals surface area (Å²) in [6.07, 6.45) is 3.37. The number of thiazole rings is 1. The van der Waals surface area contributed by atoms with E-state index in [4.69, 9.17) is 0 Å². The zero-order valence-electron chi connectivity index (χ0n) is 14.2. The van der Waals surface area contributed by atoms with Crippen molar-refractivity contribution in [2.45, 2.75) is 38.6 Å². The number of carbonyl (C=O) groups excluding carboxylic acids is 1. The van der Waals surface area contributed by atoms with Crippen LogP contribution in [0.25, 0.3) is 10.2 Å². The van der Waals surface area contributed by atoms with Crippen LogP contribution in [0, 0.1) is 0 Å². The molecule has 1 saturated heterocycles. The fourth-order valence-electron chi connectivity index (χ4n) is 3.07. The summed E-state index contributed by atoms with van der Waals surface area (Å²) >= 11 is 5.17. The standard InChI is InChI=1S/C17H22BrN3OS.2ClH/c1-2-9-21(13-7-8-19-11-13)17(22)6-5-16-20-14-10-12(18)3-4-15(14)23-16;;/h3-4,10,13,19H,2,5-9,11H2,1H3;2*1H. The molecule has 1 unspecified atom stereocenters. The van der Waals surface area contributed by atoms with Crippen molar-refractivity contribution in [3.8, 4) is 0 Å². The van der Waals surface area contributed by atoms with Gasteiger partial charge in [-0.2, -0.15) is 0 Å². The Kier molecular flexibility index (Phi) is 9.67. The van der Waals surface area contributed by atoms with E-state index in [2.05, 4.69) is 44.1 Å². The summed E-state index contributed by atoms with van der Waals surface area (Å²) in [4.78, 5) is 19.4. The number of amides is 1. The molecular weight excluding hydrogens is 445 g/mol. The van der Waals surface area contributed by atoms with Gasteiger partial charge in [-0.15, -0.1) is 36.2 Å². The molecule has 8 heteroatoms. The monoisotopic (exact) mass is 467 g/mol. The maximum absolute atomic E-state index is 12.6. The van der Waals surface area contributed by atoms with Crippen molar-refractivity contribution in [3.63, 3.8) is 0 Å². The maximum atomic E-state index is 12.6. The van der Waals surface area contributed by atoms with Crippen molar-refractivity contribution < 1.29 is 4.79 Å². The number of hydrogen-bond donors (Lipinski definition) is 1. The lowest BCUT2D eigenvalue weighted by Gasteiger charge is -2.28. The van der Waals surface area contributed by atoms with Gasteiger partial charge in [-0.3, -0.25) is 4.79 Å². The Morgan fingerprint density at radius 1 is 1.44 bits per heavy atom. The average molecular weight is 469 g/mol. The van der Waals surface area contributed by atoms with E-state index in [9.17, 15) is 4.79 Å². The molecule has 1 amide bonds. The van der Waals surface area contributed by atoms with Gasteiger partial charge in [-0.1, -0.05) is 22.9 Å². The lowest BCUT2D eigenvalue weighted by atomic mass is 10.1. The molecule has 0 saturated carbocycles. The molecule has 25 heavy (non-hydrogen) atoms. The van der Waals surface area contributed by atoms with Crippen molar-refractivity contribution in [2.24, 2.45) is 0 Å². The highest BCUT2D eigenvalue weighted by Gasteiger charge is 2.25. The molecule has 0 bridgehead atoms. The predicted octanol–water partition coefficient (Wildman–Crippen LogP) is 4.44. The quantitative estimate of drug-likeness (QED) is 0.681. The van der Waals surface area contributed by atoms with Crippen molar-refractivity contribution in [3.05, 3.63) is 27.7 Å². The molecule has 2 heterocycles. The molecule has 3 rings (SSSR count). The molecule has 1 aromatic heterocycles. The van der Waals surface area contributed by atoms with Crippen LogP contribution in [0.4, 0.5) is 0 Å². The highest BCUT2D eigenvalue weighted by Crippen LogP contribution is 2.26. The number of aryl methyl sites for hydroxylation is 1. The van der Waals surface area contributed by atoms with Crippen LogP contribution >= 0.6 is 52.1 Å². The third kappa shape index (κ3) is 5.79. The second-order valence-electron chi connectivity index (χ2n) is 5.95. The maximum Gasteiger partial charge on any atom is 0.223 e. The predicted molar refractivity (Wildman–Crippen MR) is 113 cm³/mol. The van der Waals surface area contributed by atoms with E-state index in [1.165, 1.54) is 4.70 Å². The van der Waals surface area contributed by atoms with E-state index in [1.807, 2.05) is 12.1 Å². The summed E-state index contributed by atoms with van der Waals surface area (Å²) in [6, 6.07) is 6.51. The van der Waals surface area contributed by atoms with E-state index in [0.29, 0.717) is 12.5 Å². The van der Waals surface area contributed by atoms with Crippen LogP contribution in [0.3, 0.4) is 0 Å². The van der Waals surface area contributed by atoms with Crippen molar-refractivity contribution >= 4 is 68.2 Å². The Labute approximate surface area is 173 Å². The van der Waals surface area contributed by atoms with Gasteiger partial charge in [0.15, 0.2) is 0 Å². The number of rotatable bonds is 6. The van der Waals surface area contributed by atoms with Gasteiger partial charge in [0.2, 0.25) is 5.91 Å². The molecule has 140 valence electrons. The van der Waals surface area contributed by atoms with Crippen molar-refractivity contribution in [2.75, 3.05) is 19.6 Å². The average Bonchev–Trinajstić information content (AvgIpc) is 3.19. The number of carbonyl (C=O) groups is 1. The SMILES string of the molecule is CCCN(C(=O)CCc1nc2cc(Br)ccc2s1)C1CCNC1.Cl.Cl. The zero-order valence-corrected chi connectivity index (χ0v) is 18.2. The number of nitrogens with zero attached hydrogens (tertiary/aromatic N) is 2. The van der Waals surface area contributed by atoms with Gasteiger partial charge >= 0.3 is 0 Å². The fraction of sp³-hybridized carbons (Fsp3) is 0.529. The zero-order chi connectivity index (χ0) is 16.2. The van der Waals surface area contributed by atoms with E-state index in [1.54, 1.807) is 11.3 Å². The third-order valence-corrected chi connectivity index (χ3v) is 5.80. The van der Waals surface area contributed by atoms with E-state index < -0.39 is 0 Å². The highest BCUT2D eigenvalue weighted by molar-refractivity contribution is 9.10. The second-order valence-corrected chi connectivity index (χ2v) is 7.98. The first-order valence-electron chi connectivity index (χ1n) is 8.22. The van der Waals surface area contributed by atoms with Gasteiger partial charge in [0, 0.05) is 36.4 Å². The summed E-state index contributed by atoms with van der Waals surface area (Å²) in [5.41, 5.74) is 1.01. The van der Waals surface area contributed by atoms with Crippen molar-refractivity contribution in [1.29, 1.82) is 0 Å². The van der Waals surface area contributed by atoms with Crippen LogP contribution in [0.15, 0.2) is 22.7 Å². The Balaban J connectivity index is 0.00000156. The molecule has 1 fully saturated rings. The van der Waals surface area contributed by atoms with Crippen LogP contribution in [0.1, 0.15) is 31.2 Å². The van der Waals surface area contributed by atoms with Gasteiger partial charge < -0.3 is 10.2 Å². The molecule has 0 spiro atoms. The highest BCUT2D eigenvalue weighted by atomic mass is 79.9. The molecular formula is C17H24BrCl2N3OS. The molecule has 4 nitrogen and oxygen atoms in total. The lowest BCUT2D eigenvalue weighted by molar-refractivity contribution is -0.133. The Hall–Kier alpha value is -0.400. The number of fused-ring (bicyclic) bond motifs is 1. The summed E-state index contributed by atoms with van der Waals surface area (Å²) < 4.78 is 2.22. The minimum Gasteiger partial charge on any atom is -0.338 e. The molecule has 1 atom stereocenters. The van der Waals surface area contributed by atoms with Crippen molar-refractivity contribution in [1.82, 2.24) is 15.2 Å². The van der Waals surface area contributed by atoms with Gasteiger partial charge in [-0.25, -0.2) is 4.98 Å². The van der Waals surface area contributed by atoms with Gasteiger partial charge in [0.05, 0.1) is 15.2 Å². The van der Waals surface area contributed by atoms with Crippen LogP contribution in [0.2, 0.25) is 0 Å². The topological polar surface area (TPSA) is 45.2 Å². The number of aromatic nitrogens is 1. The summed E-state index contributed by atoms with van der Waals surface area (Å²) in [5.74, 6) is 0.265. The van der Waals surface area contributed by atoms with E-state index >= 15 is 0 Å². The minimum absolute atomic E-state index is 0. The fourth-order valence-corrected chi connectivity index (χ4v) is 4.37. The first-order valence-corrected chi connectivity index (χ1v) is 9.83. The number of nitrogens with one attached hydrogen (secondary N) is 1. The summed E-state index contributed by atoms with van der Waals surface area (Å²) in [5, 5.41) is 4.40. The molecule has 0 radical (unpaired) electrons. The van der Waals surface area contributed by atoms with Gasteiger partial charge in [-0.05, 0) is 37.6 Å². The van der Waals surface area contributed by atoms with Crippen LogP contribution in [0.5, 0.6) is 0 Å². The van der Waals surface area contributed by atoms with E-state index in [-0.39, 0.29) is 30.7 Å². The van der Waals surface area contributed by atoms with E-state index in [0.717, 1.165) is 53.9 Å². The summed E-state index contributed by atoms with van der Waals surface area (Å²) in [7, 11) is 0. The molecule has 1 aliphatic heterocycles. The second kappa shape index (κ2) is 10.7. The third-order valence-electron chi connectivity index (χ3n) is 4.21.